The molecule has 4 heteroatoms. The van der Waals surface area contributed by atoms with E-state index in [9.17, 15) is 9.59 Å². The summed E-state index contributed by atoms with van der Waals surface area (Å²) in [4.78, 5) is 26.5. The first kappa shape index (κ1) is 23.0. The molecule has 4 aromatic carbocycles. The summed E-state index contributed by atoms with van der Waals surface area (Å²) in [6.07, 6.45) is 0. The minimum atomic E-state index is -0.509. The number of Topliss-reactive ketones (excluding diaryl/α,β-unsaturated/α-hetero) is 1. The average molecular weight is 451 g/mol. The number of carbonyl (C=O) groups excluding carboxylic acids is 2. The molecule has 0 bridgehead atoms. The molecule has 4 aromatic rings. The molecule has 170 valence electrons. The zero-order valence-corrected chi connectivity index (χ0v) is 19.2. The van der Waals surface area contributed by atoms with E-state index >= 15 is 0 Å². The Hall–Kier alpha value is -4.18. The van der Waals surface area contributed by atoms with Gasteiger partial charge in [0.05, 0.1) is 7.11 Å². The van der Waals surface area contributed by atoms with Crippen molar-refractivity contribution >= 4 is 11.6 Å². The van der Waals surface area contributed by atoms with Gasteiger partial charge in [0, 0.05) is 22.6 Å². The molecular formula is C30H26O4. The lowest BCUT2D eigenvalue weighted by atomic mass is 9.86. The van der Waals surface area contributed by atoms with Crippen LogP contribution < -0.4 is 9.47 Å². The van der Waals surface area contributed by atoms with Gasteiger partial charge in [-0.25, -0.2) is 0 Å². The fourth-order valence-electron chi connectivity index (χ4n) is 3.83. The Labute approximate surface area is 199 Å². The fraction of sp³-hybridized carbons (Fsp3) is 0.133. The molecule has 0 aliphatic rings. The quantitative estimate of drug-likeness (QED) is 0.274. The minimum absolute atomic E-state index is 0.0486. The normalized spacial score (nSPS) is 11.5. The summed E-state index contributed by atoms with van der Waals surface area (Å²) in [5.74, 6) is 0.573. The Balaban J connectivity index is 1.57. The van der Waals surface area contributed by atoms with E-state index in [0.29, 0.717) is 40.4 Å². The molecule has 0 aliphatic carbocycles. The van der Waals surface area contributed by atoms with Crippen molar-refractivity contribution in [1.29, 1.82) is 0 Å². The van der Waals surface area contributed by atoms with E-state index in [1.165, 1.54) is 0 Å². The van der Waals surface area contributed by atoms with E-state index in [2.05, 4.69) is 0 Å². The zero-order chi connectivity index (χ0) is 23.9. The van der Waals surface area contributed by atoms with Gasteiger partial charge in [-0.15, -0.1) is 0 Å². The van der Waals surface area contributed by atoms with E-state index in [4.69, 9.17) is 9.47 Å². The van der Waals surface area contributed by atoms with E-state index in [0.717, 1.165) is 5.56 Å². The Morgan fingerprint density at radius 3 is 2.00 bits per heavy atom. The third kappa shape index (κ3) is 5.24. The maximum absolute atomic E-state index is 13.4. The molecule has 0 aromatic heterocycles. The summed E-state index contributed by atoms with van der Waals surface area (Å²) in [5, 5.41) is 0. The van der Waals surface area contributed by atoms with E-state index in [1.807, 2.05) is 55.5 Å². The largest absolute Gasteiger partial charge is 0.497 e. The third-order valence-electron chi connectivity index (χ3n) is 5.79. The fourth-order valence-corrected chi connectivity index (χ4v) is 3.83. The first-order chi connectivity index (χ1) is 16.6. The van der Waals surface area contributed by atoms with Crippen LogP contribution >= 0.6 is 0 Å². The van der Waals surface area contributed by atoms with E-state index in [1.54, 1.807) is 61.7 Å². The summed E-state index contributed by atoms with van der Waals surface area (Å²) in [6.45, 7) is 2.28. The molecule has 1 unspecified atom stereocenters. The molecular weight excluding hydrogens is 424 g/mol. The molecule has 0 N–H and O–H groups in total. The van der Waals surface area contributed by atoms with Crippen molar-refractivity contribution in [2.75, 3.05) is 7.11 Å². The van der Waals surface area contributed by atoms with Crippen molar-refractivity contribution in [2.45, 2.75) is 19.4 Å². The summed E-state index contributed by atoms with van der Waals surface area (Å²) in [5.41, 5.74) is 3.33. The summed E-state index contributed by atoms with van der Waals surface area (Å²) in [6, 6.07) is 31.3. The predicted octanol–water partition coefficient (Wildman–Crippen LogP) is 6.49. The molecule has 0 fully saturated rings. The lowest BCUT2D eigenvalue weighted by Gasteiger charge is -2.17. The van der Waals surface area contributed by atoms with Crippen LogP contribution in [0.2, 0.25) is 0 Å². The van der Waals surface area contributed by atoms with Crippen LogP contribution in [0.3, 0.4) is 0 Å². The predicted molar refractivity (Wildman–Crippen MR) is 133 cm³/mol. The smallest absolute Gasteiger partial charge is 0.193 e. The maximum Gasteiger partial charge on any atom is 0.193 e. The average Bonchev–Trinajstić information content (AvgIpc) is 2.91. The van der Waals surface area contributed by atoms with E-state index in [-0.39, 0.29) is 11.6 Å². The Morgan fingerprint density at radius 1 is 0.735 bits per heavy atom. The highest BCUT2D eigenvalue weighted by Crippen LogP contribution is 2.30. The molecule has 4 nitrogen and oxygen atoms in total. The Morgan fingerprint density at radius 2 is 1.35 bits per heavy atom. The number of ketones is 2. The van der Waals surface area contributed by atoms with Gasteiger partial charge in [-0.05, 0) is 53.6 Å². The molecule has 0 saturated heterocycles. The van der Waals surface area contributed by atoms with Crippen LogP contribution in [0, 0.1) is 0 Å². The van der Waals surface area contributed by atoms with Crippen LogP contribution in [-0.4, -0.2) is 18.7 Å². The first-order valence-corrected chi connectivity index (χ1v) is 11.2. The third-order valence-corrected chi connectivity index (χ3v) is 5.79. The number of benzene rings is 4. The van der Waals surface area contributed by atoms with Crippen molar-refractivity contribution in [1.82, 2.24) is 0 Å². The SMILES string of the molecule is COc1ccc(C(=O)c2ccc(OCc3ccccc3)cc2)c(C(C)C(=O)c2ccccc2)c1. The second kappa shape index (κ2) is 10.6. The minimum Gasteiger partial charge on any atom is -0.497 e. The molecule has 4 rings (SSSR count). The molecule has 0 radical (unpaired) electrons. The van der Waals surface area contributed by atoms with Gasteiger partial charge in [-0.2, -0.15) is 0 Å². The highest BCUT2D eigenvalue weighted by atomic mass is 16.5. The standard InChI is InChI=1S/C30H26O4/c1-21(29(31)23-11-7-4-8-12-23)28-19-26(33-2)17-18-27(28)30(32)24-13-15-25(16-14-24)34-20-22-9-5-3-6-10-22/h3-19,21H,20H2,1-2H3. The molecule has 0 heterocycles. The number of hydrogen-bond acceptors (Lipinski definition) is 4. The van der Waals surface area contributed by atoms with E-state index < -0.39 is 5.92 Å². The first-order valence-electron chi connectivity index (χ1n) is 11.2. The lowest BCUT2D eigenvalue weighted by Crippen LogP contribution is -2.15. The Bertz CT molecular complexity index is 1260. The highest BCUT2D eigenvalue weighted by molar-refractivity contribution is 6.11. The Kier molecular flexibility index (Phi) is 7.19. The molecule has 0 amide bonds. The van der Waals surface area contributed by atoms with Crippen molar-refractivity contribution in [3.63, 3.8) is 0 Å². The van der Waals surface area contributed by atoms with Gasteiger partial charge >= 0.3 is 0 Å². The van der Waals surface area contributed by atoms with Crippen molar-refractivity contribution < 1.29 is 19.1 Å². The van der Waals surface area contributed by atoms with Gasteiger partial charge in [-0.3, -0.25) is 9.59 Å². The lowest BCUT2D eigenvalue weighted by molar-refractivity contribution is 0.0965. The summed E-state index contributed by atoms with van der Waals surface area (Å²) < 4.78 is 11.2. The molecule has 0 saturated carbocycles. The van der Waals surface area contributed by atoms with Crippen LogP contribution in [0.5, 0.6) is 11.5 Å². The number of carbonyl (C=O) groups is 2. The second-order valence-corrected chi connectivity index (χ2v) is 8.03. The molecule has 1 atom stereocenters. The van der Waals surface area contributed by atoms with Crippen LogP contribution in [0.15, 0.2) is 103 Å². The van der Waals surface area contributed by atoms with Gasteiger partial charge in [-0.1, -0.05) is 67.6 Å². The second-order valence-electron chi connectivity index (χ2n) is 8.03. The summed E-state index contributed by atoms with van der Waals surface area (Å²) in [7, 11) is 1.57. The monoisotopic (exact) mass is 450 g/mol. The molecule has 0 spiro atoms. The van der Waals surface area contributed by atoms with Gasteiger partial charge in [0.25, 0.3) is 0 Å². The van der Waals surface area contributed by atoms with Crippen LogP contribution in [0.4, 0.5) is 0 Å². The summed E-state index contributed by atoms with van der Waals surface area (Å²) >= 11 is 0. The van der Waals surface area contributed by atoms with Crippen LogP contribution in [0.25, 0.3) is 0 Å². The maximum atomic E-state index is 13.4. The molecule has 34 heavy (non-hydrogen) atoms. The number of ether oxygens (including phenoxy) is 2. The van der Waals surface area contributed by atoms with Gasteiger partial charge in [0.15, 0.2) is 11.6 Å². The zero-order valence-electron chi connectivity index (χ0n) is 19.2. The van der Waals surface area contributed by atoms with Gasteiger partial charge < -0.3 is 9.47 Å². The number of rotatable bonds is 9. The van der Waals surface area contributed by atoms with Gasteiger partial charge in [0.1, 0.15) is 18.1 Å². The van der Waals surface area contributed by atoms with Crippen molar-refractivity contribution in [2.24, 2.45) is 0 Å². The highest BCUT2D eigenvalue weighted by Gasteiger charge is 2.24. The van der Waals surface area contributed by atoms with Crippen molar-refractivity contribution in [3.05, 3.63) is 131 Å². The topological polar surface area (TPSA) is 52.6 Å². The van der Waals surface area contributed by atoms with Gasteiger partial charge in [0.2, 0.25) is 0 Å². The van der Waals surface area contributed by atoms with Crippen molar-refractivity contribution in [3.8, 4) is 11.5 Å². The van der Waals surface area contributed by atoms with Crippen LogP contribution in [0.1, 0.15) is 50.2 Å². The number of methoxy groups -OCH3 is 1. The van der Waals surface area contributed by atoms with Crippen LogP contribution in [-0.2, 0) is 6.61 Å². The molecule has 0 aliphatic heterocycles. The number of hydrogen-bond donors (Lipinski definition) is 0.